The Bertz CT molecular complexity index is 1200. The average Bonchev–Trinajstić information content (AvgIpc) is 2.84. The van der Waals surface area contributed by atoms with E-state index in [1.54, 1.807) is 48.6 Å². The number of likely N-dealkylation sites (tertiary alicyclic amines) is 1. The molecule has 4 amide bonds. The molecule has 8 heteroatoms. The highest BCUT2D eigenvalue weighted by Gasteiger charge is 2.55. The molecular weight excluding hydrogens is 448 g/mol. The van der Waals surface area contributed by atoms with Gasteiger partial charge in [-0.3, -0.25) is 24.1 Å². The fourth-order valence-electron chi connectivity index (χ4n) is 5.43. The van der Waals surface area contributed by atoms with Crippen LogP contribution in [0.4, 0.5) is 5.69 Å². The summed E-state index contributed by atoms with van der Waals surface area (Å²) in [5.74, 6) is -3.53. The molecule has 2 fully saturated rings. The van der Waals surface area contributed by atoms with Crippen molar-refractivity contribution in [3.63, 3.8) is 0 Å². The van der Waals surface area contributed by atoms with Crippen LogP contribution in [0.5, 0.6) is 0 Å². The number of piperidine rings is 2. The number of aliphatic hydroxyl groups excluding tert-OH is 2. The molecule has 0 spiro atoms. The number of amides is 4. The molecule has 1 unspecified atom stereocenters. The van der Waals surface area contributed by atoms with Gasteiger partial charge in [-0.15, -0.1) is 0 Å². The summed E-state index contributed by atoms with van der Waals surface area (Å²) in [7, 11) is 0. The Morgan fingerprint density at radius 3 is 1.60 bits per heavy atom. The number of carbonyl (C=O) groups is 4. The van der Waals surface area contributed by atoms with E-state index in [1.807, 2.05) is 13.8 Å². The van der Waals surface area contributed by atoms with E-state index in [2.05, 4.69) is 0 Å². The molecule has 8 nitrogen and oxygen atoms in total. The van der Waals surface area contributed by atoms with Gasteiger partial charge in [0.05, 0.1) is 18.3 Å². The predicted molar refractivity (Wildman–Crippen MR) is 127 cm³/mol. The number of imide groups is 2. The minimum absolute atomic E-state index is 0.00180. The van der Waals surface area contributed by atoms with Gasteiger partial charge in [0.15, 0.2) is 0 Å². The zero-order valence-electron chi connectivity index (χ0n) is 19.5. The number of rotatable bonds is 6. The summed E-state index contributed by atoms with van der Waals surface area (Å²) in [6.45, 7) is 3.31. The van der Waals surface area contributed by atoms with Crippen molar-refractivity contribution >= 4 is 29.3 Å². The third-order valence-corrected chi connectivity index (χ3v) is 7.27. The Balaban J connectivity index is 1.59. The van der Waals surface area contributed by atoms with Crippen LogP contribution in [0.15, 0.2) is 70.9 Å². The normalized spacial score (nSPS) is 24.1. The molecule has 35 heavy (non-hydrogen) atoms. The monoisotopic (exact) mass is 474 g/mol. The molecule has 0 radical (unpaired) electrons. The van der Waals surface area contributed by atoms with Crippen molar-refractivity contribution in [1.82, 2.24) is 4.90 Å². The van der Waals surface area contributed by atoms with Crippen LogP contribution in [0.2, 0.25) is 0 Å². The SMILES string of the molecule is CC(C)C(CO)N1C(=O)C2=CC=C3C(=O)N(c4ccc(CCO)cc4)C(=O)C4=CC=C(C1=O)C2C34. The lowest BCUT2D eigenvalue weighted by Crippen LogP contribution is -2.58. The Hall–Kier alpha value is -3.62. The second kappa shape index (κ2) is 8.55. The summed E-state index contributed by atoms with van der Waals surface area (Å²) in [5, 5.41) is 19.0. The summed E-state index contributed by atoms with van der Waals surface area (Å²) in [4.78, 5) is 56.1. The van der Waals surface area contributed by atoms with E-state index in [1.165, 1.54) is 0 Å². The average molecular weight is 475 g/mol. The number of anilines is 1. The van der Waals surface area contributed by atoms with Crippen LogP contribution >= 0.6 is 0 Å². The van der Waals surface area contributed by atoms with Gasteiger partial charge in [0, 0.05) is 40.7 Å². The first-order chi connectivity index (χ1) is 16.8. The van der Waals surface area contributed by atoms with Crippen molar-refractivity contribution < 1.29 is 29.4 Å². The van der Waals surface area contributed by atoms with E-state index in [0.29, 0.717) is 34.4 Å². The van der Waals surface area contributed by atoms with E-state index in [-0.39, 0.29) is 19.1 Å². The van der Waals surface area contributed by atoms with E-state index < -0.39 is 41.5 Å². The Morgan fingerprint density at radius 1 is 0.743 bits per heavy atom. The maximum absolute atomic E-state index is 13.5. The molecule has 2 aliphatic carbocycles. The smallest absolute Gasteiger partial charge is 0.261 e. The fourth-order valence-corrected chi connectivity index (χ4v) is 5.43. The van der Waals surface area contributed by atoms with Gasteiger partial charge in [-0.05, 0) is 30.0 Å². The molecule has 2 heterocycles. The number of aliphatic hydroxyl groups is 2. The molecular formula is C27H26N2O6. The maximum atomic E-state index is 13.5. The van der Waals surface area contributed by atoms with Gasteiger partial charge < -0.3 is 10.2 Å². The number of allylic oxidation sites excluding steroid dienone is 4. The first kappa shape index (κ1) is 23.1. The Kier molecular flexibility index (Phi) is 5.65. The van der Waals surface area contributed by atoms with Crippen molar-refractivity contribution in [1.29, 1.82) is 0 Å². The van der Waals surface area contributed by atoms with E-state index in [4.69, 9.17) is 5.11 Å². The molecule has 1 aromatic carbocycles. The topological polar surface area (TPSA) is 115 Å². The highest BCUT2D eigenvalue weighted by Crippen LogP contribution is 2.50. The lowest BCUT2D eigenvalue weighted by atomic mass is 9.63. The third-order valence-electron chi connectivity index (χ3n) is 7.27. The summed E-state index contributed by atoms with van der Waals surface area (Å²) in [5.41, 5.74) is 2.69. The van der Waals surface area contributed by atoms with Crippen LogP contribution < -0.4 is 4.90 Å². The van der Waals surface area contributed by atoms with Crippen LogP contribution in [0.3, 0.4) is 0 Å². The highest BCUT2D eigenvalue weighted by molar-refractivity contribution is 6.30. The van der Waals surface area contributed by atoms with Gasteiger partial charge in [-0.2, -0.15) is 0 Å². The van der Waals surface area contributed by atoms with Crippen molar-refractivity contribution in [3.05, 3.63) is 76.4 Å². The largest absolute Gasteiger partial charge is 0.396 e. The van der Waals surface area contributed by atoms with Gasteiger partial charge >= 0.3 is 0 Å². The third kappa shape index (κ3) is 3.36. The number of nitrogens with zero attached hydrogens (tertiary/aromatic N) is 2. The minimum atomic E-state index is -0.709. The molecule has 0 aromatic heterocycles. The second-order valence-corrected chi connectivity index (χ2v) is 9.50. The number of benzene rings is 1. The van der Waals surface area contributed by atoms with Gasteiger partial charge in [0.1, 0.15) is 0 Å². The van der Waals surface area contributed by atoms with Crippen LogP contribution in [-0.2, 0) is 25.6 Å². The summed E-state index contributed by atoms with van der Waals surface area (Å²) >= 11 is 0. The zero-order valence-corrected chi connectivity index (χ0v) is 19.5. The fraction of sp³-hybridized carbons (Fsp3) is 0.333. The molecule has 1 aromatic rings. The van der Waals surface area contributed by atoms with E-state index in [0.717, 1.165) is 15.4 Å². The van der Waals surface area contributed by atoms with Gasteiger partial charge in [-0.25, -0.2) is 4.90 Å². The Morgan fingerprint density at radius 2 is 1.20 bits per heavy atom. The van der Waals surface area contributed by atoms with Crippen LogP contribution in [-0.4, -0.2) is 58.0 Å². The van der Waals surface area contributed by atoms with Gasteiger partial charge in [-0.1, -0.05) is 50.3 Å². The molecule has 2 N–H and O–H groups in total. The highest BCUT2D eigenvalue weighted by atomic mass is 16.3. The quantitative estimate of drug-likeness (QED) is 0.603. The molecule has 2 aliphatic heterocycles. The standard InChI is InChI=1S/C27H26N2O6/c1-14(2)21(13-31)29-26(34)19-9-7-17-22-18(8-10-20(23(19)22)27(29)35)25(33)28(24(17)32)16-5-3-15(4-6-16)11-12-30/h3-10,14,21-23,30-31H,11-13H2,1-2H3. The van der Waals surface area contributed by atoms with Crippen LogP contribution in [0.1, 0.15) is 19.4 Å². The number of hydrogen-bond donors (Lipinski definition) is 2. The maximum Gasteiger partial charge on any atom is 0.261 e. The lowest BCUT2D eigenvalue weighted by molar-refractivity contribution is -0.148. The first-order valence-electron chi connectivity index (χ1n) is 11.7. The predicted octanol–water partition coefficient (Wildman–Crippen LogP) is 1.45. The van der Waals surface area contributed by atoms with Crippen LogP contribution in [0.25, 0.3) is 0 Å². The van der Waals surface area contributed by atoms with Gasteiger partial charge in [0.25, 0.3) is 23.6 Å². The molecule has 5 rings (SSSR count). The van der Waals surface area contributed by atoms with Crippen molar-refractivity contribution in [2.45, 2.75) is 26.3 Å². The number of carbonyl (C=O) groups excluding carboxylic acids is 4. The van der Waals surface area contributed by atoms with E-state index >= 15 is 0 Å². The molecule has 4 aliphatic rings. The summed E-state index contributed by atoms with van der Waals surface area (Å²) in [6, 6.07) is 6.19. The van der Waals surface area contributed by atoms with Crippen molar-refractivity contribution in [3.8, 4) is 0 Å². The summed E-state index contributed by atoms with van der Waals surface area (Å²) < 4.78 is 0. The van der Waals surface area contributed by atoms with Gasteiger partial charge in [0.2, 0.25) is 0 Å². The van der Waals surface area contributed by atoms with Crippen LogP contribution in [0, 0.1) is 17.8 Å². The molecule has 2 saturated heterocycles. The molecule has 0 bridgehead atoms. The van der Waals surface area contributed by atoms with E-state index in [9.17, 15) is 24.3 Å². The first-order valence-corrected chi connectivity index (χ1v) is 11.7. The lowest BCUT2D eigenvalue weighted by Gasteiger charge is -2.47. The molecule has 180 valence electrons. The zero-order chi connectivity index (χ0) is 25.0. The summed E-state index contributed by atoms with van der Waals surface area (Å²) in [6.07, 6.45) is 6.76. The Labute approximate surface area is 202 Å². The number of hydrogen-bond acceptors (Lipinski definition) is 6. The minimum Gasteiger partial charge on any atom is -0.396 e. The second-order valence-electron chi connectivity index (χ2n) is 9.50. The van der Waals surface area contributed by atoms with Crippen molar-refractivity contribution in [2.75, 3.05) is 18.1 Å². The molecule has 1 atom stereocenters. The van der Waals surface area contributed by atoms with Crippen molar-refractivity contribution in [2.24, 2.45) is 17.8 Å². The molecule has 0 saturated carbocycles.